The summed E-state index contributed by atoms with van der Waals surface area (Å²) in [5.74, 6) is 1.06. The highest BCUT2D eigenvalue weighted by atomic mass is 35.5. The first-order chi connectivity index (χ1) is 14.3. The zero-order chi connectivity index (χ0) is 21.8. The number of benzene rings is 2. The normalized spacial score (nSPS) is 10.9. The van der Waals surface area contributed by atoms with Gasteiger partial charge in [-0.25, -0.2) is 0 Å². The topological polar surface area (TPSA) is 69.0 Å². The van der Waals surface area contributed by atoms with Crippen LogP contribution < -0.4 is 10.1 Å². The van der Waals surface area contributed by atoms with Crippen LogP contribution in [0.2, 0.25) is 20.1 Å². The van der Waals surface area contributed by atoms with Gasteiger partial charge in [0.05, 0.1) is 39.2 Å². The molecule has 0 atom stereocenters. The third kappa shape index (κ3) is 5.15. The van der Waals surface area contributed by atoms with Crippen LogP contribution in [0.4, 0.5) is 5.69 Å². The molecule has 11 heteroatoms. The standard InChI is InChI=1S/C19H16Cl4N4O2S/c1-3-27-18(11-6-10(20)4-5-16(11)29-2)25-26-19(27)30-9-17(28)24-15-8-13(22)12(21)7-14(15)23/h4-8H,3,9H2,1-2H3,(H,24,28). The molecule has 30 heavy (non-hydrogen) atoms. The van der Waals surface area contributed by atoms with E-state index >= 15 is 0 Å². The number of halogens is 4. The van der Waals surface area contributed by atoms with Gasteiger partial charge in [0.1, 0.15) is 5.75 Å². The number of nitrogens with one attached hydrogen (secondary N) is 1. The molecule has 1 heterocycles. The van der Waals surface area contributed by atoms with Gasteiger partial charge in [0.25, 0.3) is 0 Å². The highest BCUT2D eigenvalue weighted by molar-refractivity contribution is 7.99. The lowest BCUT2D eigenvalue weighted by Gasteiger charge is -2.11. The third-order valence-electron chi connectivity index (χ3n) is 4.05. The number of carbonyl (C=O) groups is 1. The molecule has 6 nitrogen and oxygen atoms in total. The number of hydrogen-bond acceptors (Lipinski definition) is 5. The summed E-state index contributed by atoms with van der Waals surface area (Å²) < 4.78 is 7.30. The monoisotopic (exact) mass is 504 g/mol. The average molecular weight is 506 g/mol. The fraction of sp³-hybridized carbons (Fsp3) is 0.211. The first-order valence-corrected chi connectivity index (χ1v) is 11.2. The highest BCUT2D eigenvalue weighted by Gasteiger charge is 2.18. The molecule has 0 bridgehead atoms. The Kier molecular flexibility index (Phi) is 7.76. The zero-order valence-electron chi connectivity index (χ0n) is 15.9. The van der Waals surface area contributed by atoms with Gasteiger partial charge in [-0.2, -0.15) is 0 Å². The third-order valence-corrected chi connectivity index (χ3v) is 6.29. The van der Waals surface area contributed by atoms with Gasteiger partial charge in [-0.05, 0) is 37.3 Å². The second kappa shape index (κ2) is 10.1. The molecule has 1 N–H and O–H groups in total. The molecule has 3 rings (SSSR count). The number of carbonyl (C=O) groups excluding carboxylic acids is 1. The average Bonchev–Trinajstić information content (AvgIpc) is 3.13. The Morgan fingerprint density at radius 2 is 1.83 bits per heavy atom. The van der Waals surface area contributed by atoms with E-state index in [2.05, 4.69) is 15.5 Å². The molecule has 3 aromatic rings. The molecule has 0 saturated carbocycles. The minimum atomic E-state index is -0.271. The Labute approximate surface area is 197 Å². The van der Waals surface area contributed by atoms with Gasteiger partial charge in [0.15, 0.2) is 11.0 Å². The van der Waals surface area contributed by atoms with Crippen molar-refractivity contribution in [1.82, 2.24) is 14.8 Å². The van der Waals surface area contributed by atoms with Crippen molar-refractivity contribution in [2.75, 3.05) is 18.2 Å². The summed E-state index contributed by atoms with van der Waals surface area (Å²) in [7, 11) is 1.58. The maximum atomic E-state index is 12.4. The van der Waals surface area contributed by atoms with Gasteiger partial charge < -0.3 is 14.6 Å². The van der Waals surface area contributed by atoms with Crippen LogP contribution in [-0.4, -0.2) is 33.5 Å². The summed E-state index contributed by atoms with van der Waals surface area (Å²) in [6.45, 7) is 2.56. The molecule has 1 aromatic heterocycles. The lowest BCUT2D eigenvalue weighted by atomic mass is 10.2. The largest absolute Gasteiger partial charge is 0.496 e. The maximum Gasteiger partial charge on any atom is 0.234 e. The fourth-order valence-electron chi connectivity index (χ4n) is 2.67. The van der Waals surface area contributed by atoms with E-state index in [4.69, 9.17) is 51.1 Å². The van der Waals surface area contributed by atoms with Crippen LogP contribution in [0.1, 0.15) is 6.92 Å². The molecular formula is C19H16Cl4N4O2S. The van der Waals surface area contributed by atoms with E-state index in [9.17, 15) is 4.79 Å². The Morgan fingerprint density at radius 3 is 2.53 bits per heavy atom. The maximum absolute atomic E-state index is 12.4. The minimum Gasteiger partial charge on any atom is -0.496 e. The number of thioether (sulfide) groups is 1. The zero-order valence-corrected chi connectivity index (χ0v) is 19.7. The predicted molar refractivity (Wildman–Crippen MR) is 124 cm³/mol. The lowest BCUT2D eigenvalue weighted by Crippen LogP contribution is -2.15. The first-order valence-electron chi connectivity index (χ1n) is 8.68. The van der Waals surface area contributed by atoms with Gasteiger partial charge in [-0.1, -0.05) is 58.2 Å². The fourth-order valence-corrected chi connectivity index (χ4v) is 4.24. The second-order valence-electron chi connectivity index (χ2n) is 5.98. The number of hydrogen-bond donors (Lipinski definition) is 1. The minimum absolute atomic E-state index is 0.0986. The molecule has 0 spiro atoms. The quantitative estimate of drug-likeness (QED) is 0.300. The first kappa shape index (κ1) is 23.0. The molecule has 158 valence electrons. The van der Waals surface area contributed by atoms with E-state index in [1.807, 2.05) is 11.5 Å². The van der Waals surface area contributed by atoms with Gasteiger partial charge in [-0.15, -0.1) is 10.2 Å². The molecule has 0 aliphatic heterocycles. The van der Waals surface area contributed by atoms with Crippen LogP contribution in [-0.2, 0) is 11.3 Å². The number of nitrogens with zero attached hydrogens (tertiary/aromatic N) is 3. The lowest BCUT2D eigenvalue weighted by molar-refractivity contribution is -0.113. The summed E-state index contributed by atoms with van der Waals surface area (Å²) in [4.78, 5) is 12.4. The van der Waals surface area contributed by atoms with Crippen LogP contribution in [0.3, 0.4) is 0 Å². The van der Waals surface area contributed by atoms with Crippen molar-refractivity contribution in [3.63, 3.8) is 0 Å². The van der Waals surface area contributed by atoms with Crippen LogP contribution >= 0.6 is 58.2 Å². The van der Waals surface area contributed by atoms with Crippen molar-refractivity contribution in [2.45, 2.75) is 18.6 Å². The molecule has 1 amide bonds. The van der Waals surface area contributed by atoms with E-state index in [1.165, 1.54) is 23.9 Å². The van der Waals surface area contributed by atoms with Gasteiger partial charge >= 0.3 is 0 Å². The SMILES string of the molecule is CCn1c(SCC(=O)Nc2cc(Cl)c(Cl)cc2Cl)nnc1-c1cc(Cl)ccc1OC. The van der Waals surface area contributed by atoms with Crippen molar-refractivity contribution >= 4 is 69.8 Å². The molecule has 0 aliphatic rings. The van der Waals surface area contributed by atoms with E-state index in [1.54, 1.807) is 25.3 Å². The van der Waals surface area contributed by atoms with Crippen LogP contribution in [0.15, 0.2) is 35.5 Å². The Hall–Kier alpha value is -1.64. The predicted octanol–water partition coefficient (Wildman–Crippen LogP) is 6.32. The van der Waals surface area contributed by atoms with Crippen LogP contribution in [0.5, 0.6) is 5.75 Å². The van der Waals surface area contributed by atoms with Gasteiger partial charge in [0.2, 0.25) is 5.91 Å². The molecule has 0 radical (unpaired) electrons. The highest BCUT2D eigenvalue weighted by Crippen LogP contribution is 2.34. The van der Waals surface area contributed by atoms with Crippen molar-refractivity contribution in [2.24, 2.45) is 0 Å². The summed E-state index contributed by atoms with van der Waals surface area (Å²) in [5.41, 5.74) is 1.11. The van der Waals surface area contributed by atoms with Gasteiger partial charge in [-0.3, -0.25) is 4.79 Å². The Balaban J connectivity index is 1.76. The number of amides is 1. The number of ether oxygens (including phenoxy) is 1. The number of anilines is 1. The number of aromatic nitrogens is 3. The molecule has 2 aromatic carbocycles. The Bertz CT molecular complexity index is 1090. The van der Waals surface area contributed by atoms with Gasteiger partial charge in [0, 0.05) is 11.6 Å². The summed E-state index contributed by atoms with van der Waals surface area (Å²) >= 11 is 25.4. The second-order valence-corrected chi connectivity index (χ2v) is 8.58. The molecule has 0 saturated heterocycles. The molecule has 0 aliphatic carbocycles. The van der Waals surface area contributed by atoms with E-state index in [0.29, 0.717) is 49.1 Å². The van der Waals surface area contributed by atoms with Crippen molar-refractivity contribution < 1.29 is 9.53 Å². The van der Waals surface area contributed by atoms with Crippen molar-refractivity contribution in [3.05, 3.63) is 50.4 Å². The van der Waals surface area contributed by atoms with E-state index in [0.717, 1.165) is 5.56 Å². The summed E-state index contributed by atoms with van der Waals surface area (Å²) in [5, 5.41) is 13.3. The molecule has 0 fully saturated rings. The molecular weight excluding hydrogens is 490 g/mol. The summed E-state index contributed by atoms with van der Waals surface area (Å²) in [6, 6.07) is 8.27. The molecule has 0 unspecified atom stereocenters. The smallest absolute Gasteiger partial charge is 0.234 e. The number of methoxy groups -OCH3 is 1. The van der Waals surface area contributed by atoms with Crippen molar-refractivity contribution in [1.29, 1.82) is 0 Å². The van der Waals surface area contributed by atoms with E-state index in [-0.39, 0.29) is 11.7 Å². The number of rotatable bonds is 7. The van der Waals surface area contributed by atoms with Crippen LogP contribution in [0.25, 0.3) is 11.4 Å². The summed E-state index contributed by atoms with van der Waals surface area (Å²) in [6.07, 6.45) is 0. The van der Waals surface area contributed by atoms with E-state index < -0.39 is 0 Å². The van der Waals surface area contributed by atoms with Crippen LogP contribution in [0, 0.1) is 0 Å². The Morgan fingerprint density at radius 1 is 1.10 bits per heavy atom. The van der Waals surface area contributed by atoms with Crippen molar-refractivity contribution in [3.8, 4) is 17.1 Å².